The Labute approximate surface area is 123 Å². The molecule has 0 amide bonds. The molecule has 0 aliphatic heterocycles. The maximum Gasteiger partial charge on any atom is 0.337 e. The molecule has 1 unspecified atom stereocenters. The molecule has 0 saturated carbocycles. The van der Waals surface area contributed by atoms with E-state index in [0.29, 0.717) is 5.82 Å². The van der Waals surface area contributed by atoms with Gasteiger partial charge in [-0.05, 0) is 37.6 Å². The molecule has 1 aromatic heterocycles. The number of pyridine rings is 1. The van der Waals surface area contributed by atoms with E-state index in [1.165, 1.54) is 12.3 Å². The summed E-state index contributed by atoms with van der Waals surface area (Å²) < 4.78 is 5.75. The van der Waals surface area contributed by atoms with E-state index in [1.54, 1.807) is 6.07 Å². The fourth-order valence-corrected chi connectivity index (χ4v) is 1.71. The summed E-state index contributed by atoms with van der Waals surface area (Å²) in [5, 5.41) is 11.9. The molecule has 1 aromatic carbocycles. The van der Waals surface area contributed by atoms with Gasteiger partial charge >= 0.3 is 5.97 Å². The van der Waals surface area contributed by atoms with Crippen LogP contribution in [0.4, 0.5) is 11.5 Å². The van der Waals surface area contributed by atoms with Crippen LogP contribution in [0.2, 0.25) is 0 Å². The summed E-state index contributed by atoms with van der Waals surface area (Å²) in [5.74, 6) is 0.384. The molecule has 2 N–H and O–H groups in total. The number of aromatic nitrogens is 1. The fourth-order valence-electron chi connectivity index (χ4n) is 1.71. The smallest absolute Gasteiger partial charge is 0.337 e. The topological polar surface area (TPSA) is 71.5 Å². The zero-order valence-electron chi connectivity index (χ0n) is 12.0. The van der Waals surface area contributed by atoms with E-state index < -0.39 is 5.97 Å². The Kier molecular flexibility index (Phi) is 4.77. The lowest BCUT2D eigenvalue weighted by Crippen LogP contribution is -2.09. The lowest BCUT2D eigenvalue weighted by Gasteiger charge is -2.13. The Hall–Kier alpha value is -2.56. The standard InChI is InChI=1S/C16H18N2O3/c1-3-11(2)21-14-6-4-5-13(9-14)18-15-8-7-12(10-17-15)16(19)20/h4-11H,3H2,1-2H3,(H,17,18)(H,19,20). The second-order valence-corrected chi connectivity index (χ2v) is 4.73. The van der Waals surface area contributed by atoms with Crippen LogP contribution in [-0.2, 0) is 0 Å². The van der Waals surface area contributed by atoms with E-state index in [9.17, 15) is 4.79 Å². The highest BCUT2D eigenvalue weighted by Gasteiger charge is 2.05. The summed E-state index contributed by atoms with van der Waals surface area (Å²) in [6.45, 7) is 4.09. The van der Waals surface area contributed by atoms with Crippen LogP contribution in [0.25, 0.3) is 0 Å². The lowest BCUT2D eigenvalue weighted by atomic mass is 10.2. The van der Waals surface area contributed by atoms with Gasteiger partial charge in [0.2, 0.25) is 0 Å². The van der Waals surface area contributed by atoms with Gasteiger partial charge in [-0.1, -0.05) is 13.0 Å². The first-order valence-electron chi connectivity index (χ1n) is 6.81. The number of aromatic carboxylic acids is 1. The number of hydrogen-bond donors (Lipinski definition) is 2. The molecule has 0 bridgehead atoms. The van der Waals surface area contributed by atoms with E-state index >= 15 is 0 Å². The monoisotopic (exact) mass is 286 g/mol. The van der Waals surface area contributed by atoms with Crippen LogP contribution in [-0.4, -0.2) is 22.2 Å². The third-order valence-corrected chi connectivity index (χ3v) is 3.03. The lowest BCUT2D eigenvalue weighted by molar-refractivity contribution is 0.0696. The summed E-state index contributed by atoms with van der Waals surface area (Å²) in [6.07, 6.45) is 2.42. The van der Waals surface area contributed by atoms with Gasteiger partial charge in [0.15, 0.2) is 0 Å². The van der Waals surface area contributed by atoms with Crippen LogP contribution >= 0.6 is 0 Å². The minimum Gasteiger partial charge on any atom is -0.491 e. The molecule has 2 aromatic rings. The first kappa shape index (κ1) is 14.8. The van der Waals surface area contributed by atoms with Crippen LogP contribution in [0.3, 0.4) is 0 Å². The average Bonchev–Trinajstić information content (AvgIpc) is 2.48. The van der Waals surface area contributed by atoms with Crippen molar-refractivity contribution in [3.05, 3.63) is 48.2 Å². The molecule has 1 heterocycles. The maximum atomic E-state index is 10.8. The predicted octanol–water partition coefficient (Wildman–Crippen LogP) is 3.70. The summed E-state index contributed by atoms with van der Waals surface area (Å²) in [4.78, 5) is 14.8. The third kappa shape index (κ3) is 4.21. The van der Waals surface area contributed by atoms with Crippen LogP contribution in [0.15, 0.2) is 42.6 Å². The van der Waals surface area contributed by atoms with Crippen molar-refractivity contribution in [3.8, 4) is 5.75 Å². The van der Waals surface area contributed by atoms with Gasteiger partial charge in [0.1, 0.15) is 11.6 Å². The van der Waals surface area contributed by atoms with E-state index in [-0.39, 0.29) is 11.7 Å². The summed E-state index contributed by atoms with van der Waals surface area (Å²) in [6, 6.07) is 10.7. The number of ether oxygens (including phenoxy) is 1. The fraction of sp³-hybridized carbons (Fsp3) is 0.250. The second-order valence-electron chi connectivity index (χ2n) is 4.73. The minimum atomic E-state index is -0.988. The van der Waals surface area contributed by atoms with E-state index in [1.807, 2.05) is 31.2 Å². The van der Waals surface area contributed by atoms with Gasteiger partial charge in [-0.2, -0.15) is 0 Å². The molecule has 5 heteroatoms. The number of carbonyl (C=O) groups is 1. The predicted molar refractivity (Wildman–Crippen MR) is 81.3 cm³/mol. The van der Waals surface area contributed by atoms with E-state index in [4.69, 9.17) is 9.84 Å². The molecule has 0 aliphatic rings. The van der Waals surface area contributed by atoms with Crippen molar-refractivity contribution in [2.75, 3.05) is 5.32 Å². The number of hydrogen-bond acceptors (Lipinski definition) is 4. The average molecular weight is 286 g/mol. The zero-order chi connectivity index (χ0) is 15.2. The van der Waals surface area contributed by atoms with Crippen molar-refractivity contribution in [2.24, 2.45) is 0 Å². The van der Waals surface area contributed by atoms with E-state index in [2.05, 4.69) is 17.2 Å². The molecule has 0 fully saturated rings. The van der Waals surface area contributed by atoms with Crippen LogP contribution in [0, 0.1) is 0 Å². The van der Waals surface area contributed by atoms with Gasteiger partial charge in [0.25, 0.3) is 0 Å². The number of rotatable bonds is 6. The van der Waals surface area contributed by atoms with Crippen LogP contribution in [0.5, 0.6) is 5.75 Å². The zero-order valence-corrected chi connectivity index (χ0v) is 12.0. The van der Waals surface area contributed by atoms with Gasteiger partial charge < -0.3 is 15.2 Å². The van der Waals surface area contributed by atoms with Crippen molar-refractivity contribution < 1.29 is 14.6 Å². The molecule has 0 spiro atoms. The quantitative estimate of drug-likeness (QED) is 0.847. The van der Waals surface area contributed by atoms with Crippen LogP contribution in [0.1, 0.15) is 30.6 Å². The number of nitrogens with one attached hydrogen (secondary N) is 1. The largest absolute Gasteiger partial charge is 0.491 e. The number of carboxylic acids is 1. The van der Waals surface area contributed by atoms with Crippen molar-refractivity contribution in [1.82, 2.24) is 4.98 Å². The number of nitrogens with zero attached hydrogens (tertiary/aromatic N) is 1. The summed E-state index contributed by atoms with van der Waals surface area (Å²) in [7, 11) is 0. The first-order valence-corrected chi connectivity index (χ1v) is 6.81. The van der Waals surface area contributed by atoms with Gasteiger partial charge in [0, 0.05) is 18.0 Å². The molecular formula is C16H18N2O3. The highest BCUT2D eigenvalue weighted by molar-refractivity contribution is 5.87. The van der Waals surface area contributed by atoms with Gasteiger partial charge in [-0.15, -0.1) is 0 Å². The van der Waals surface area contributed by atoms with Crippen molar-refractivity contribution in [1.29, 1.82) is 0 Å². The molecule has 5 nitrogen and oxygen atoms in total. The Bertz CT molecular complexity index is 611. The molecule has 0 saturated heterocycles. The molecule has 21 heavy (non-hydrogen) atoms. The SMILES string of the molecule is CCC(C)Oc1cccc(Nc2ccc(C(=O)O)cn2)c1. The molecule has 1 atom stereocenters. The Morgan fingerprint density at radius 3 is 2.81 bits per heavy atom. The Balaban J connectivity index is 2.08. The normalized spacial score (nSPS) is 11.7. The summed E-state index contributed by atoms with van der Waals surface area (Å²) in [5.41, 5.74) is 1.00. The van der Waals surface area contributed by atoms with Gasteiger partial charge in [-0.25, -0.2) is 9.78 Å². The number of benzene rings is 1. The number of carboxylic acid groups (broad SMARTS) is 1. The molecule has 0 aliphatic carbocycles. The van der Waals surface area contributed by atoms with Crippen molar-refractivity contribution in [3.63, 3.8) is 0 Å². The number of anilines is 2. The molecule has 2 rings (SSSR count). The third-order valence-electron chi connectivity index (χ3n) is 3.03. The van der Waals surface area contributed by atoms with Crippen molar-refractivity contribution >= 4 is 17.5 Å². The van der Waals surface area contributed by atoms with Gasteiger partial charge in [-0.3, -0.25) is 0 Å². The first-order chi connectivity index (χ1) is 10.1. The molecule has 110 valence electrons. The maximum absolute atomic E-state index is 10.8. The molecular weight excluding hydrogens is 268 g/mol. The highest BCUT2D eigenvalue weighted by Crippen LogP contribution is 2.21. The summed E-state index contributed by atoms with van der Waals surface area (Å²) >= 11 is 0. The molecule has 0 radical (unpaired) electrons. The van der Waals surface area contributed by atoms with Crippen molar-refractivity contribution in [2.45, 2.75) is 26.4 Å². The highest BCUT2D eigenvalue weighted by atomic mass is 16.5. The van der Waals surface area contributed by atoms with Gasteiger partial charge in [0.05, 0.1) is 11.7 Å². The van der Waals surface area contributed by atoms with Crippen LogP contribution < -0.4 is 10.1 Å². The second kappa shape index (κ2) is 6.74. The Morgan fingerprint density at radius 1 is 1.38 bits per heavy atom. The minimum absolute atomic E-state index is 0.160. The van der Waals surface area contributed by atoms with E-state index in [0.717, 1.165) is 17.9 Å². The Morgan fingerprint density at radius 2 is 2.19 bits per heavy atom.